The SMILES string of the molecule is CC[C@H](C)[C@H]1C(=O)NCCC(=O)N[C@H]([C@@H](C)CC)C(=O)N(C)[C@@H](C(C)C)C(=O)N[C@@H](C)C(=O)NCCC(=O)N[C@H](CC(C)C)C(=O)N(C)[C@H]([C@@H](C)CC)C(=O)N[C@H]([C@H](C)O)C(=O)NCCC(=O)N[C@H](CC(C)C)C(=O)N1C. The second-order valence-electron chi connectivity index (χ2n) is 22.2. The molecule has 0 unspecified atom stereocenters. The summed E-state index contributed by atoms with van der Waals surface area (Å²) in [7, 11) is 4.32. The molecule has 0 bridgehead atoms. The van der Waals surface area contributed by atoms with Gasteiger partial charge in [-0.3, -0.25) is 52.7 Å². The van der Waals surface area contributed by atoms with E-state index in [-0.39, 0.29) is 75.4 Å². The highest BCUT2D eigenvalue weighted by Gasteiger charge is 2.40. The van der Waals surface area contributed by atoms with Crippen LogP contribution in [0.4, 0.5) is 0 Å². The van der Waals surface area contributed by atoms with E-state index in [9.17, 15) is 57.8 Å². The average Bonchev–Trinajstić information content (AvgIpc) is 3.34. The lowest BCUT2D eigenvalue weighted by atomic mass is 9.94. The number of aliphatic hydroxyl groups excluding tert-OH is 1. The molecule has 0 radical (unpaired) electrons. The minimum Gasteiger partial charge on any atom is -0.391 e. The van der Waals surface area contributed by atoms with Gasteiger partial charge in [0.15, 0.2) is 0 Å². The lowest BCUT2D eigenvalue weighted by Crippen LogP contribution is -2.61. The third-order valence-corrected chi connectivity index (χ3v) is 14.3. The predicted octanol–water partition coefficient (Wildman–Crippen LogP) is 0.711. The lowest BCUT2D eigenvalue weighted by molar-refractivity contribution is -0.145. The van der Waals surface area contributed by atoms with E-state index < -0.39 is 131 Å². The van der Waals surface area contributed by atoms with Crippen molar-refractivity contribution in [3.05, 3.63) is 0 Å². The highest BCUT2D eigenvalue weighted by molar-refractivity contribution is 5.97. The Hall–Kier alpha value is -5.87. The number of likely N-dealkylation sites (N-methyl/N-ethyl adjacent to an activating group) is 3. The molecule has 1 rings (SSSR count). The molecule has 440 valence electrons. The second kappa shape index (κ2) is 33.4. The van der Waals surface area contributed by atoms with E-state index in [1.165, 1.54) is 49.7 Å². The van der Waals surface area contributed by atoms with Crippen molar-refractivity contribution in [2.24, 2.45) is 35.5 Å². The number of rotatable bonds is 12. The minimum absolute atomic E-state index is 0.0816. The Balaban J connectivity index is 3.76. The number of carbonyl (C=O) groups excluding carboxylic acids is 11. The second-order valence-corrected chi connectivity index (χ2v) is 22.2. The number of hydrogen-bond acceptors (Lipinski definition) is 12. The number of amides is 11. The number of nitrogens with zero attached hydrogens (tertiary/aromatic N) is 3. The molecule has 0 aliphatic carbocycles. The Kier molecular flexibility index (Phi) is 30.0. The molecular formula is C54H97N11O12. The topological polar surface area (TPSA) is 314 Å². The number of nitrogens with one attached hydrogen (secondary N) is 8. The Morgan fingerprint density at radius 2 is 0.805 bits per heavy atom. The van der Waals surface area contributed by atoms with Crippen molar-refractivity contribution >= 4 is 65.0 Å². The van der Waals surface area contributed by atoms with Crippen LogP contribution in [-0.2, 0) is 52.7 Å². The Bertz CT molecular complexity index is 2020. The summed E-state index contributed by atoms with van der Waals surface area (Å²) in [6.07, 6.45) is -0.438. The van der Waals surface area contributed by atoms with E-state index >= 15 is 0 Å². The van der Waals surface area contributed by atoms with Gasteiger partial charge in [0, 0.05) is 60.0 Å². The molecule has 9 N–H and O–H groups in total. The summed E-state index contributed by atoms with van der Waals surface area (Å²) in [4.78, 5) is 156. The molecule has 77 heavy (non-hydrogen) atoms. The van der Waals surface area contributed by atoms with Crippen LogP contribution in [0.5, 0.6) is 0 Å². The van der Waals surface area contributed by atoms with Crippen molar-refractivity contribution in [1.29, 1.82) is 0 Å². The molecule has 23 nitrogen and oxygen atoms in total. The maximum Gasteiger partial charge on any atom is 0.245 e. The molecular weight excluding hydrogens is 995 g/mol. The van der Waals surface area contributed by atoms with Crippen LogP contribution >= 0.6 is 0 Å². The van der Waals surface area contributed by atoms with E-state index in [1.54, 1.807) is 34.6 Å². The molecule has 12 atom stereocenters. The van der Waals surface area contributed by atoms with Crippen LogP contribution < -0.4 is 42.5 Å². The van der Waals surface area contributed by atoms with Crippen molar-refractivity contribution in [2.45, 2.75) is 203 Å². The van der Waals surface area contributed by atoms with E-state index in [2.05, 4.69) is 42.5 Å². The van der Waals surface area contributed by atoms with Crippen molar-refractivity contribution in [3.8, 4) is 0 Å². The highest BCUT2D eigenvalue weighted by Crippen LogP contribution is 2.21. The van der Waals surface area contributed by atoms with Gasteiger partial charge in [-0.25, -0.2) is 0 Å². The van der Waals surface area contributed by atoms with E-state index in [4.69, 9.17) is 0 Å². The van der Waals surface area contributed by atoms with Crippen LogP contribution in [0.15, 0.2) is 0 Å². The fourth-order valence-corrected chi connectivity index (χ4v) is 9.25. The molecule has 0 aromatic carbocycles. The molecule has 1 aliphatic heterocycles. The molecule has 0 spiro atoms. The summed E-state index contributed by atoms with van der Waals surface area (Å²) in [5, 5.41) is 32.3. The monoisotopic (exact) mass is 1090 g/mol. The van der Waals surface area contributed by atoms with Crippen LogP contribution in [0.2, 0.25) is 0 Å². The highest BCUT2D eigenvalue weighted by atomic mass is 16.3. The number of aliphatic hydroxyl groups is 1. The summed E-state index contributed by atoms with van der Waals surface area (Å²) in [5.74, 6) is -8.66. The third kappa shape index (κ3) is 21.8. The van der Waals surface area contributed by atoms with Crippen molar-refractivity contribution in [3.63, 3.8) is 0 Å². The van der Waals surface area contributed by atoms with Crippen LogP contribution in [0.1, 0.15) is 148 Å². The fraction of sp³-hybridized carbons (Fsp3) is 0.796. The van der Waals surface area contributed by atoms with Gasteiger partial charge < -0.3 is 62.3 Å². The molecule has 1 heterocycles. The zero-order valence-electron chi connectivity index (χ0n) is 49.2. The molecule has 1 saturated heterocycles. The zero-order valence-corrected chi connectivity index (χ0v) is 49.2. The summed E-state index contributed by atoms with van der Waals surface area (Å²) >= 11 is 0. The maximum atomic E-state index is 14.2. The van der Waals surface area contributed by atoms with E-state index in [0.717, 1.165) is 0 Å². The fourth-order valence-electron chi connectivity index (χ4n) is 9.25. The van der Waals surface area contributed by atoms with Gasteiger partial charge in [0.1, 0.15) is 48.3 Å². The predicted molar refractivity (Wildman–Crippen MR) is 292 cm³/mol. The van der Waals surface area contributed by atoms with Gasteiger partial charge in [-0.15, -0.1) is 0 Å². The Morgan fingerprint density at radius 3 is 1.19 bits per heavy atom. The normalized spacial score (nSPS) is 26.9. The molecule has 0 aromatic heterocycles. The minimum atomic E-state index is -1.51. The first kappa shape index (κ1) is 69.1. The van der Waals surface area contributed by atoms with Crippen LogP contribution in [0, 0.1) is 35.5 Å². The van der Waals surface area contributed by atoms with Crippen molar-refractivity contribution in [2.75, 3.05) is 40.8 Å². The zero-order chi connectivity index (χ0) is 59.2. The summed E-state index contributed by atoms with van der Waals surface area (Å²) in [6.45, 7) is 23.9. The van der Waals surface area contributed by atoms with E-state index in [1.807, 2.05) is 48.5 Å². The average molecular weight is 1090 g/mol. The van der Waals surface area contributed by atoms with Crippen molar-refractivity contribution in [1.82, 2.24) is 57.2 Å². The van der Waals surface area contributed by atoms with Gasteiger partial charge in [-0.2, -0.15) is 0 Å². The smallest absolute Gasteiger partial charge is 0.245 e. The van der Waals surface area contributed by atoms with Gasteiger partial charge >= 0.3 is 0 Å². The molecule has 1 aliphatic rings. The van der Waals surface area contributed by atoms with Gasteiger partial charge in [-0.05, 0) is 62.2 Å². The summed E-state index contributed by atoms with van der Waals surface area (Å²) in [6, 6.07) is -9.12. The molecule has 0 aromatic rings. The Morgan fingerprint density at radius 1 is 0.442 bits per heavy atom. The molecule has 23 heteroatoms. The number of hydrogen-bond donors (Lipinski definition) is 9. The molecule has 0 saturated carbocycles. The van der Waals surface area contributed by atoms with Crippen molar-refractivity contribution < 1.29 is 57.8 Å². The first-order valence-electron chi connectivity index (χ1n) is 27.7. The summed E-state index contributed by atoms with van der Waals surface area (Å²) in [5.41, 5.74) is 0. The van der Waals surface area contributed by atoms with Crippen LogP contribution in [0.3, 0.4) is 0 Å². The van der Waals surface area contributed by atoms with Gasteiger partial charge in [0.25, 0.3) is 0 Å². The van der Waals surface area contributed by atoms with E-state index in [0.29, 0.717) is 19.3 Å². The van der Waals surface area contributed by atoms with Gasteiger partial charge in [-0.1, -0.05) is 102 Å². The van der Waals surface area contributed by atoms with Crippen LogP contribution in [0.25, 0.3) is 0 Å². The molecule has 1 fully saturated rings. The Labute approximate surface area is 457 Å². The van der Waals surface area contributed by atoms with Gasteiger partial charge in [0.2, 0.25) is 65.0 Å². The first-order valence-corrected chi connectivity index (χ1v) is 27.7. The molecule has 11 amide bonds. The quantitative estimate of drug-likeness (QED) is 0.131. The lowest BCUT2D eigenvalue weighted by Gasteiger charge is -2.35. The van der Waals surface area contributed by atoms with Gasteiger partial charge in [0.05, 0.1) is 6.10 Å². The standard InChI is InChI=1S/C54H97N11O12/c1-18-32(10)42-54(77)63(15)44(31(8)9)50(73)58-35(13)47(70)55-24-21-39(67)60-38(28-30(6)7)53(76)65(17)46(34(12)20-3)51(74)62-43(36(14)66)48(71)56-25-22-40(68)59-37(27-29(4)5)52(75)64(16)45(33(11)19-2)49(72)57-26-23-41(69)61-42/h29-38,42-46,66H,18-28H2,1-17H3,(H,55,70)(H,56,71)(H,57,72)(H,58,73)(H,59,68)(H,60,67)(H,61,69)(H,62,74)/t32-,33-,34-,35-,36-,37+,38+,42+,43+,44-,45-,46+/m0/s1. The summed E-state index contributed by atoms with van der Waals surface area (Å²) < 4.78 is 0. The largest absolute Gasteiger partial charge is 0.391 e. The van der Waals surface area contributed by atoms with Crippen LogP contribution in [-0.4, -0.2) is 180 Å². The number of carbonyl (C=O) groups is 11. The first-order chi connectivity index (χ1) is 35.9. The maximum absolute atomic E-state index is 14.2. The third-order valence-electron chi connectivity index (χ3n) is 14.3.